The molecule has 1 heterocycles. The summed E-state index contributed by atoms with van der Waals surface area (Å²) >= 11 is 5.29. The van der Waals surface area contributed by atoms with E-state index >= 15 is 0 Å². The molecule has 1 aliphatic heterocycles. The molecule has 0 unspecified atom stereocenters. The predicted octanol–water partition coefficient (Wildman–Crippen LogP) is 3.02. The van der Waals surface area contributed by atoms with Crippen LogP contribution in [0.4, 0.5) is 0 Å². The molecule has 0 atom stereocenters. The molecule has 3 heteroatoms. The van der Waals surface area contributed by atoms with Gasteiger partial charge in [0.05, 0.1) is 6.61 Å². The molecule has 0 amide bonds. The van der Waals surface area contributed by atoms with Crippen LogP contribution in [0, 0.1) is 0 Å². The molecule has 0 aliphatic carbocycles. The summed E-state index contributed by atoms with van der Waals surface area (Å²) in [5.41, 5.74) is 1.30. The molecule has 17 heavy (non-hydrogen) atoms. The summed E-state index contributed by atoms with van der Waals surface area (Å²) in [5, 5.41) is 0.681. The first kappa shape index (κ1) is 12.4. The summed E-state index contributed by atoms with van der Waals surface area (Å²) in [6.07, 6.45) is 4.72. The van der Waals surface area contributed by atoms with Crippen molar-refractivity contribution in [2.75, 3.05) is 19.7 Å². The largest absolute Gasteiger partial charge is 0.471 e. The van der Waals surface area contributed by atoms with Crippen molar-refractivity contribution in [3.8, 4) is 0 Å². The zero-order chi connectivity index (χ0) is 11.9. The molecule has 1 aromatic rings. The fourth-order valence-electron chi connectivity index (χ4n) is 2.07. The van der Waals surface area contributed by atoms with E-state index in [-0.39, 0.29) is 0 Å². The van der Waals surface area contributed by atoms with E-state index in [4.69, 9.17) is 17.0 Å². The van der Waals surface area contributed by atoms with Crippen LogP contribution in [-0.4, -0.2) is 29.8 Å². The first-order valence-corrected chi connectivity index (χ1v) is 6.73. The van der Waals surface area contributed by atoms with Gasteiger partial charge in [0.15, 0.2) is 0 Å². The molecule has 0 N–H and O–H groups in total. The van der Waals surface area contributed by atoms with Crippen LogP contribution in [0.3, 0.4) is 0 Å². The maximum Gasteiger partial charge on any atom is 0.259 e. The molecule has 1 aromatic carbocycles. The summed E-state index contributed by atoms with van der Waals surface area (Å²) in [4.78, 5) is 2.18. The van der Waals surface area contributed by atoms with Gasteiger partial charge in [-0.1, -0.05) is 30.3 Å². The zero-order valence-corrected chi connectivity index (χ0v) is 10.9. The second kappa shape index (κ2) is 6.60. The van der Waals surface area contributed by atoms with E-state index in [2.05, 4.69) is 29.2 Å². The number of piperidine rings is 1. The molecule has 2 rings (SSSR count). The second-order valence-electron chi connectivity index (χ2n) is 4.40. The smallest absolute Gasteiger partial charge is 0.259 e. The van der Waals surface area contributed by atoms with Gasteiger partial charge in [-0.05, 0) is 37.0 Å². The highest BCUT2D eigenvalue weighted by Gasteiger charge is 2.13. The van der Waals surface area contributed by atoms with E-state index in [0.717, 1.165) is 19.5 Å². The Balaban J connectivity index is 1.69. The number of ether oxygens (including phenoxy) is 1. The van der Waals surface area contributed by atoms with Crippen molar-refractivity contribution >= 4 is 17.4 Å². The van der Waals surface area contributed by atoms with Crippen molar-refractivity contribution in [3.05, 3.63) is 35.9 Å². The van der Waals surface area contributed by atoms with Crippen molar-refractivity contribution in [2.24, 2.45) is 0 Å². The molecule has 2 nitrogen and oxygen atoms in total. The molecule has 0 radical (unpaired) electrons. The molecule has 0 aromatic heterocycles. The highest BCUT2D eigenvalue weighted by molar-refractivity contribution is 7.80. The van der Waals surface area contributed by atoms with Gasteiger partial charge in [0.1, 0.15) is 0 Å². The van der Waals surface area contributed by atoms with Crippen molar-refractivity contribution in [3.63, 3.8) is 0 Å². The second-order valence-corrected chi connectivity index (χ2v) is 4.75. The van der Waals surface area contributed by atoms with Crippen molar-refractivity contribution < 1.29 is 4.74 Å². The summed E-state index contributed by atoms with van der Waals surface area (Å²) in [6.45, 7) is 2.80. The van der Waals surface area contributed by atoms with Gasteiger partial charge >= 0.3 is 0 Å². The third kappa shape index (κ3) is 4.00. The average Bonchev–Trinajstić information content (AvgIpc) is 2.41. The minimum Gasteiger partial charge on any atom is -0.471 e. The molecule has 0 spiro atoms. The van der Waals surface area contributed by atoms with Crippen LogP contribution in [0.2, 0.25) is 0 Å². The van der Waals surface area contributed by atoms with E-state index in [1.807, 2.05) is 6.07 Å². The number of nitrogens with zero attached hydrogens (tertiary/aromatic N) is 1. The topological polar surface area (TPSA) is 12.5 Å². The average molecular weight is 249 g/mol. The highest BCUT2D eigenvalue weighted by Crippen LogP contribution is 2.10. The van der Waals surface area contributed by atoms with Crippen LogP contribution < -0.4 is 0 Å². The van der Waals surface area contributed by atoms with Gasteiger partial charge in [-0.15, -0.1) is 0 Å². The summed E-state index contributed by atoms with van der Waals surface area (Å²) in [5.74, 6) is 0. The first-order valence-electron chi connectivity index (χ1n) is 6.32. The standard InChI is InChI=1S/C14H19NOS/c17-14(15-10-5-2-6-11-15)16-12-9-13-7-3-1-4-8-13/h1,3-4,7-8H,2,5-6,9-12H2. The van der Waals surface area contributed by atoms with Gasteiger partial charge in [0, 0.05) is 19.5 Å². The Morgan fingerprint density at radius 1 is 1.12 bits per heavy atom. The van der Waals surface area contributed by atoms with E-state index in [9.17, 15) is 0 Å². The lowest BCUT2D eigenvalue weighted by atomic mass is 10.1. The lowest BCUT2D eigenvalue weighted by Gasteiger charge is -2.28. The van der Waals surface area contributed by atoms with Gasteiger partial charge in [0.2, 0.25) is 0 Å². The van der Waals surface area contributed by atoms with Gasteiger partial charge in [-0.25, -0.2) is 0 Å². The number of benzene rings is 1. The Kier molecular flexibility index (Phi) is 4.80. The number of hydrogen-bond acceptors (Lipinski definition) is 2. The van der Waals surface area contributed by atoms with Crippen LogP contribution in [0.15, 0.2) is 30.3 Å². The van der Waals surface area contributed by atoms with E-state index in [1.165, 1.54) is 24.8 Å². The zero-order valence-electron chi connectivity index (χ0n) is 10.1. The normalized spacial score (nSPS) is 15.6. The lowest BCUT2D eigenvalue weighted by Crippen LogP contribution is -2.36. The van der Waals surface area contributed by atoms with Crippen LogP contribution in [0.25, 0.3) is 0 Å². The third-order valence-electron chi connectivity index (χ3n) is 3.07. The number of likely N-dealkylation sites (tertiary alicyclic amines) is 1. The quantitative estimate of drug-likeness (QED) is 0.764. The Hall–Kier alpha value is -1.09. The molecule has 0 saturated carbocycles. The summed E-state index contributed by atoms with van der Waals surface area (Å²) in [6, 6.07) is 10.4. The molecule has 1 fully saturated rings. The Morgan fingerprint density at radius 3 is 2.53 bits per heavy atom. The van der Waals surface area contributed by atoms with E-state index in [1.54, 1.807) is 0 Å². The van der Waals surface area contributed by atoms with Crippen molar-refractivity contribution in [1.82, 2.24) is 4.90 Å². The van der Waals surface area contributed by atoms with E-state index < -0.39 is 0 Å². The fraction of sp³-hybridized carbons (Fsp3) is 0.500. The predicted molar refractivity (Wildman–Crippen MR) is 74.1 cm³/mol. The van der Waals surface area contributed by atoms with Crippen LogP contribution in [0.1, 0.15) is 24.8 Å². The minimum absolute atomic E-state index is 0.680. The third-order valence-corrected chi connectivity index (χ3v) is 3.45. The van der Waals surface area contributed by atoms with Crippen molar-refractivity contribution in [1.29, 1.82) is 0 Å². The fourth-order valence-corrected chi connectivity index (χ4v) is 2.33. The van der Waals surface area contributed by atoms with Gasteiger partial charge in [0.25, 0.3) is 5.17 Å². The lowest BCUT2D eigenvalue weighted by molar-refractivity contribution is 0.225. The van der Waals surface area contributed by atoms with E-state index in [0.29, 0.717) is 11.8 Å². The van der Waals surface area contributed by atoms with Gasteiger partial charge < -0.3 is 9.64 Å². The molecular weight excluding hydrogens is 230 g/mol. The van der Waals surface area contributed by atoms with Gasteiger partial charge in [-0.3, -0.25) is 0 Å². The number of rotatable bonds is 3. The number of hydrogen-bond donors (Lipinski definition) is 0. The van der Waals surface area contributed by atoms with Crippen LogP contribution in [0.5, 0.6) is 0 Å². The summed E-state index contributed by atoms with van der Waals surface area (Å²) < 4.78 is 5.64. The monoisotopic (exact) mass is 249 g/mol. The maximum atomic E-state index is 5.64. The Labute approximate surface area is 109 Å². The molecular formula is C14H19NOS. The SMILES string of the molecule is S=C(OCCc1ccccc1)N1CCCCC1. The van der Waals surface area contributed by atoms with Gasteiger partial charge in [-0.2, -0.15) is 0 Å². The maximum absolute atomic E-state index is 5.64. The minimum atomic E-state index is 0.680. The Bertz CT molecular complexity index is 346. The molecule has 92 valence electrons. The van der Waals surface area contributed by atoms with Crippen molar-refractivity contribution in [2.45, 2.75) is 25.7 Å². The summed E-state index contributed by atoms with van der Waals surface area (Å²) in [7, 11) is 0. The highest BCUT2D eigenvalue weighted by atomic mass is 32.1. The number of thiocarbonyl (C=S) groups is 1. The first-order chi connectivity index (χ1) is 8.36. The molecule has 1 saturated heterocycles. The Morgan fingerprint density at radius 2 is 1.82 bits per heavy atom. The van der Waals surface area contributed by atoms with Crippen LogP contribution >= 0.6 is 12.2 Å². The van der Waals surface area contributed by atoms with Crippen LogP contribution in [-0.2, 0) is 11.2 Å². The molecule has 1 aliphatic rings. The molecule has 0 bridgehead atoms.